The first-order valence-electron chi connectivity index (χ1n) is 7.73. The normalized spacial score (nSPS) is 30.8. The van der Waals surface area contributed by atoms with Crippen molar-refractivity contribution in [2.24, 2.45) is 5.73 Å². The number of thioether (sulfide) groups is 1. The van der Waals surface area contributed by atoms with Crippen molar-refractivity contribution < 1.29 is 4.39 Å². The number of nitrogens with two attached hydrogens (primary N) is 1. The molecule has 2 fully saturated rings. The third-order valence-electron chi connectivity index (χ3n) is 5.12. The molecule has 116 valence electrons. The number of benzene rings is 1. The molecule has 5 heteroatoms. The van der Waals surface area contributed by atoms with Gasteiger partial charge in [0.15, 0.2) is 0 Å². The van der Waals surface area contributed by atoms with Crippen molar-refractivity contribution in [2.75, 3.05) is 43.4 Å². The smallest absolute Gasteiger partial charge is 0.146 e. The molecule has 0 aliphatic carbocycles. The number of para-hydroxylation sites is 1. The Morgan fingerprint density at radius 2 is 2.00 bits per heavy atom. The van der Waals surface area contributed by atoms with Crippen molar-refractivity contribution in [1.82, 2.24) is 4.90 Å². The van der Waals surface area contributed by atoms with Crippen LogP contribution in [0.5, 0.6) is 0 Å². The van der Waals surface area contributed by atoms with Crippen LogP contribution >= 0.6 is 11.8 Å². The maximum atomic E-state index is 13.9. The standard InChI is InChI=1S/C16H24FN3S/c1-13-16(12-18,6-11-21-13)20-9-7-19(8-10-20)15-5-3-2-4-14(15)17/h2-5,13H,6-12,18H2,1H3. The second-order valence-electron chi connectivity index (χ2n) is 6.00. The van der Waals surface area contributed by atoms with E-state index in [4.69, 9.17) is 5.73 Å². The van der Waals surface area contributed by atoms with Crippen molar-refractivity contribution in [3.63, 3.8) is 0 Å². The first kappa shape index (κ1) is 15.1. The Balaban J connectivity index is 1.69. The molecule has 0 bridgehead atoms. The van der Waals surface area contributed by atoms with Gasteiger partial charge in [0.1, 0.15) is 5.82 Å². The topological polar surface area (TPSA) is 32.5 Å². The van der Waals surface area contributed by atoms with Crippen LogP contribution in [0.4, 0.5) is 10.1 Å². The van der Waals surface area contributed by atoms with Gasteiger partial charge in [-0.25, -0.2) is 4.39 Å². The molecule has 0 aromatic heterocycles. The van der Waals surface area contributed by atoms with Crippen LogP contribution in [0.25, 0.3) is 0 Å². The van der Waals surface area contributed by atoms with E-state index < -0.39 is 0 Å². The van der Waals surface area contributed by atoms with E-state index in [1.54, 1.807) is 12.1 Å². The molecule has 2 N–H and O–H groups in total. The summed E-state index contributed by atoms with van der Waals surface area (Å²) in [6.45, 7) is 6.71. The van der Waals surface area contributed by atoms with Gasteiger partial charge in [0, 0.05) is 43.5 Å². The Morgan fingerprint density at radius 3 is 2.57 bits per heavy atom. The largest absolute Gasteiger partial charge is 0.367 e. The summed E-state index contributed by atoms with van der Waals surface area (Å²) >= 11 is 2.03. The van der Waals surface area contributed by atoms with Crippen LogP contribution in [-0.2, 0) is 0 Å². The lowest BCUT2D eigenvalue weighted by Crippen LogP contribution is -2.62. The van der Waals surface area contributed by atoms with Crippen LogP contribution in [0, 0.1) is 5.82 Å². The maximum absolute atomic E-state index is 13.9. The van der Waals surface area contributed by atoms with Crippen molar-refractivity contribution in [3.8, 4) is 0 Å². The quantitative estimate of drug-likeness (QED) is 0.927. The second kappa shape index (κ2) is 6.15. The number of anilines is 1. The zero-order chi connectivity index (χ0) is 14.9. The summed E-state index contributed by atoms with van der Waals surface area (Å²) in [6, 6.07) is 7.06. The minimum absolute atomic E-state index is 0.121. The fourth-order valence-corrected chi connectivity index (χ4v) is 5.18. The molecular formula is C16H24FN3S. The number of nitrogens with zero attached hydrogens (tertiary/aromatic N) is 2. The molecule has 2 heterocycles. The van der Waals surface area contributed by atoms with Gasteiger partial charge in [-0.2, -0.15) is 11.8 Å². The van der Waals surface area contributed by atoms with Gasteiger partial charge in [-0.1, -0.05) is 19.1 Å². The van der Waals surface area contributed by atoms with E-state index in [-0.39, 0.29) is 11.4 Å². The van der Waals surface area contributed by atoms with Gasteiger partial charge in [-0.15, -0.1) is 0 Å². The summed E-state index contributed by atoms with van der Waals surface area (Å²) in [4.78, 5) is 4.71. The molecule has 2 unspecified atom stereocenters. The van der Waals surface area contributed by atoms with E-state index in [9.17, 15) is 4.39 Å². The van der Waals surface area contributed by atoms with Gasteiger partial charge in [0.05, 0.1) is 5.69 Å². The molecule has 2 saturated heterocycles. The minimum atomic E-state index is -0.121. The van der Waals surface area contributed by atoms with E-state index in [1.165, 1.54) is 12.2 Å². The number of hydrogen-bond acceptors (Lipinski definition) is 4. The van der Waals surface area contributed by atoms with Gasteiger partial charge < -0.3 is 10.6 Å². The first-order chi connectivity index (χ1) is 10.2. The number of hydrogen-bond donors (Lipinski definition) is 1. The predicted molar refractivity (Wildman–Crippen MR) is 88.5 cm³/mol. The molecule has 0 amide bonds. The van der Waals surface area contributed by atoms with Crippen LogP contribution in [-0.4, -0.2) is 54.2 Å². The Labute approximate surface area is 130 Å². The molecule has 2 aliphatic heterocycles. The third kappa shape index (κ3) is 2.67. The van der Waals surface area contributed by atoms with Gasteiger partial charge >= 0.3 is 0 Å². The van der Waals surface area contributed by atoms with E-state index in [0.29, 0.717) is 5.25 Å². The Kier molecular flexibility index (Phi) is 4.43. The highest BCUT2D eigenvalue weighted by Gasteiger charge is 2.45. The summed E-state index contributed by atoms with van der Waals surface area (Å²) in [7, 11) is 0. The minimum Gasteiger partial charge on any atom is -0.367 e. The second-order valence-corrected chi connectivity index (χ2v) is 7.44. The molecule has 0 saturated carbocycles. The van der Waals surface area contributed by atoms with Crippen LogP contribution in [0.3, 0.4) is 0 Å². The first-order valence-corrected chi connectivity index (χ1v) is 8.78. The lowest BCUT2D eigenvalue weighted by Gasteiger charge is -2.48. The molecule has 21 heavy (non-hydrogen) atoms. The lowest BCUT2D eigenvalue weighted by molar-refractivity contribution is 0.0902. The lowest BCUT2D eigenvalue weighted by atomic mass is 9.89. The van der Waals surface area contributed by atoms with Crippen LogP contribution in [0.15, 0.2) is 24.3 Å². The van der Waals surface area contributed by atoms with Gasteiger partial charge in [-0.05, 0) is 24.3 Å². The van der Waals surface area contributed by atoms with Crippen LogP contribution in [0.2, 0.25) is 0 Å². The molecule has 1 aromatic carbocycles. The highest BCUT2D eigenvalue weighted by atomic mass is 32.2. The van der Waals surface area contributed by atoms with E-state index in [0.717, 1.165) is 38.4 Å². The summed E-state index contributed by atoms with van der Waals surface area (Å²) in [5.74, 6) is 1.08. The molecule has 2 atom stereocenters. The fraction of sp³-hybridized carbons (Fsp3) is 0.625. The van der Waals surface area contributed by atoms with Crippen molar-refractivity contribution >= 4 is 17.4 Å². The molecule has 3 rings (SSSR count). The highest BCUT2D eigenvalue weighted by molar-refractivity contribution is 8.00. The zero-order valence-electron chi connectivity index (χ0n) is 12.6. The number of halogens is 1. The molecule has 3 nitrogen and oxygen atoms in total. The fourth-order valence-electron chi connectivity index (χ4n) is 3.68. The van der Waals surface area contributed by atoms with E-state index >= 15 is 0 Å². The Morgan fingerprint density at radius 1 is 1.29 bits per heavy atom. The summed E-state index contributed by atoms with van der Waals surface area (Å²) in [5, 5.41) is 0.586. The molecule has 0 radical (unpaired) electrons. The van der Waals surface area contributed by atoms with Gasteiger partial charge in [0.25, 0.3) is 0 Å². The third-order valence-corrected chi connectivity index (χ3v) is 6.49. The Hall–Kier alpha value is -0.780. The summed E-state index contributed by atoms with van der Waals surface area (Å²) in [6.07, 6.45) is 1.18. The monoisotopic (exact) mass is 309 g/mol. The molecule has 2 aliphatic rings. The molecule has 0 spiro atoms. The highest BCUT2D eigenvalue weighted by Crippen LogP contribution is 2.40. The predicted octanol–water partition coefficient (Wildman–Crippen LogP) is 2.17. The van der Waals surface area contributed by atoms with E-state index in [1.807, 2.05) is 23.9 Å². The average Bonchev–Trinajstić information content (AvgIpc) is 2.90. The Bertz CT molecular complexity index is 490. The summed E-state index contributed by atoms with van der Waals surface area (Å²) < 4.78 is 13.9. The SMILES string of the molecule is CC1SCCC1(CN)N1CCN(c2ccccc2F)CC1. The summed E-state index contributed by atoms with van der Waals surface area (Å²) in [5.41, 5.74) is 7.01. The van der Waals surface area contributed by atoms with Gasteiger partial charge in [-0.3, -0.25) is 4.90 Å². The number of piperazine rings is 1. The van der Waals surface area contributed by atoms with Crippen molar-refractivity contribution in [1.29, 1.82) is 0 Å². The van der Waals surface area contributed by atoms with Crippen LogP contribution < -0.4 is 10.6 Å². The van der Waals surface area contributed by atoms with Crippen molar-refractivity contribution in [2.45, 2.75) is 24.1 Å². The molecular weight excluding hydrogens is 285 g/mol. The average molecular weight is 309 g/mol. The zero-order valence-corrected chi connectivity index (χ0v) is 13.4. The maximum Gasteiger partial charge on any atom is 0.146 e. The van der Waals surface area contributed by atoms with Gasteiger partial charge in [0.2, 0.25) is 0 Å². The van der Waals surface area contributed by atoms with Crippen molar-refractivity contribution in [3.05, 3.63) is 30.1 Å². The number of rotatable bonds is 3. The van der Waals surface area contributed by atoms with E-state index in [2.05, 4.69) is 16.7 Å². The molecule has 1 aromatic rings. The van der Waals surface area contributed by atoms with Crippen LogP contribution in [0.1, 0.15) is 13.3 Å².